The van der Waals surface area contributed by atoms with Gasteiger partial charge in [-0.2, -0.15) is 0 Å². The second kappa shape index (κ2) is 9.71. The van der Waals surface area contributed by atoms with Gasteiger partial charge in [0.25, 0.3) is 0 Å². The zero-order valence-corrected chi connectivity index (χ0v) is 17.9. The standard InChI is InChI=1S/C23H31N7/c1-3-20(19-10-6-5-7-11-19)28-14-16-29(17-15-28)23(24-4-2)25-18-22-27-26-21-12-8-9-13-30(21)22/h5-13,20H,3-4,14-18H2,1-2H3,(H,24,25). The summed E-state index contributed by atoms with van der Waals surface area (Å²) in [6, 6.07) is 17.3. The molecule has 158 valence electrons. The summed E-state index contributed by atoms with van der Waals surface area (Å²) in [4.78, 5) is 9.83. The molecule has 0 aliphatic carbocycles. The Morgan fingerprint density at radius 1 is 1.00 bits per heavy atom. The van der Waals surface area contributed by atoms with E-state index in [1.54, 1.807) is 0 Å². The number of nitrogens with one attached hydrogen (secondary N) is 1. The number of hydrogen-bond acceptors (Lipinski definition) is 4. The Labute approximate surface area is 178 Å². The second-order valence-corrected chi connectivity index (χ2v) is 7.57. The van der Waals surface area contributed by atoms with Gasteiger partial charge in [0, 0.05) is 45.0 Å². The van der Waals surface area contributed by atoms with E-state index in [-0.39, 0.29) is 0 Å². The summed E-state index contributed by atoms with van der Waals surface area (Å²) >= 11 is 0. The molecule has 3 aromatic rings. The minimum atomic E-state index is 0.482. The topological polar surface area (TPSA) is 61.1 Å². The normalized spacial score (nSPS) is 16.7. The summed E-state index contributed by atoms with van der Waals surface area (Å²) in [5.74, 6) is 1.81. The van der Waals surface area contributed by atoms with E-state index in [1.807, 2.05) is 28.8 Å². The molecule has 1 aliphatic rings. The van der Waals surface area contributed by atoms with Crippen LogP contribution in [0.2, 0.25) is 0 Å². The first kappa shape index (κ1) is 20.3. The van der Waals surface area contributed by atoms with Crippen LogP contribution in [0.5, 0.6) is 0 Å². The van der Waals surface area contributed by atoms with Crippen molar-refractivity contribution < 1.29 is 0 Å². The third-order valence-electron chi connectivity index (χ3n) is 5.72. The van der Waals surface area contributed by atoms with Crippen LogP contribution in [0, 0.1) is 0 Å². The smallest absolute Gasteiger partial charge is 0.194 e. The van der Waals surface area contributed by atoms with Gasteiger partial charge in [-0.1, -0.05) is 43.3 Å². The van der Waals surface area contributed by atoms with Gasteiger partial charge in [0.15, 0.2) is 17.4 Å². The molecular weight excluding hydrogens is 374 g/mol. The Balaban J connectivity index is 1.42. The highest BCUT2D eigenvalue weighted by molar-refractivity contribution is 5.80. The SMILES string of the molecule is CCNC(=NCc1nnc2ccccn12)N1CCN(C(CC)c2ccccc2)CC1. The van der Waals surface area contributed by atoms with Gasteiger partial charge < -0.3 is 10.2 Å². The number of piperazine rings is 1. The summed E-state index contributed by atoms with van der Waals surface area (Å²) < 4.78 is 2.00. The molecule has 7 nitrogen and oxygen atoms in total. The van der Waals surface area contributed by atoms with Gasteiger partial charge in [-0.15, -0.1) is 10.2 Å². The van der Waals surface area contributed by atoms with E-state index in [0.29, 0.717) is 12.6 Å². The molecule has 1 atom stereocenters. The van der Waals surface area contributed by atoms with Crippen molar-refractivity contribution in [3.63, 3.8) is 0 Å². The first-order valence-corrected chi connectivity index (χ1v) is 10.9. The summed E-state index contributed by atoms with van der Waals surface area (Å²) in [7, 11) is 0. The Kier molecular flexibility index (Phi) is 6.59. The van der Waals surface area contributed by atoms with Gasteiger partial charge in [0.2, 0.25) is 0 Å². The molecule has 4 rings (SSSR count). The molecule has 1 aromatic carbocycles. The van der Waals surface area contributed by atoms with Crippen molar-refractivity contribution in [2.45, 2.75) is 32.9 Å². The Hall–Kier alpha value is -2.93. The molecule has 1 N–H and O–H groups in total. The molecule has 1 saturated heterocycles. The number of fused-ring (bicyclic) bond motifs is 1. The van der Waals surface area contributed by atoms with Crippen LogP contribution in [0.3, 0.4) is 0 Å². The fraction of sp³-hybridized carbons (Fsp3) is 0.435. The van der Waals surface area contributed by atoms with Crippen molar-refractivity contribution in [2.75, 3.05) is 32.7 Å². The largest absolute Gasteiger partial charge is 0.357 e. The lowest BCUT2D eigenvalue weighted by Gasteiger charge is -2.40. The van der Waals surface area contributed by atoms with Crippen LogP contribution in [-0.2, 0) is 6.54 Å². The third kappa shape index (κ3) is 4.46. The van der Waals surface area contributed by atoms with Crippen LogP contribution in [-0.4, -0.2) is 63.1 Å². The molecule has 0 bridgehead atoms. The van der Waals surface area contributed by atoms with Gasteiger partial charge in [0.1, 0.15) is 6.54 Å². The van der Waals surface area contributed by atoms with Crippen LogP contribution >= 0.6 is 0 Å². The first-order valence-electron chi connectivity index (χ1n) is 10.9. The number of aliphatic imine (C=N–C) groups is 1. The number of aromatic nitrogens is 3. The number of rotatable bonds is 6. The van der Waals surface area contributed by atoms with Gasteiger partial charge in [-0.3, -0.25) is 9.30 Å². The molecule has 1 unspecified atom stereocenters. The van der Waals surface area contributed by atoms with E-state index >= 15 is 0 Å². The van der Waals surface area contributed by atoms with Crippen LogP contribution in [0.15, 0.2) is 59.7 Å². The average molecular weight is 406 g/mol. The Bertz CT molecular complexity index is 958. The maximum absolute atomic E-state index is 4.87. The van der Waals surface area contributed by atoms with Crippen molar-refractivity contribution in [3.8, 4) is 0 Å². The fourth-order valence-electron chi connectivity index (χ4n) is 4.20. The predicted molar refractivity (Wildman–Crippen MR) is 120 cm³/mol. The molecule has 1 fully saturated rings. The lowest BCUT2D eigenvalue weighted by Crippen LogP contribution is -2.53. The Morgan fingerprint density at radius 2 is 1.77 bits per heavy atom. The van der Waals surface area contributed by atoms with E-state index in [2.05, 4.69) is 69.5 Å². The molecular formula is C23H31N7. The molecule has 0 amide bonds. The quantitative estimate of drug-likeness (QED) is 0.505. The molecule has 7 heteroatoms. The maximum atomic E-state index is 4.87. The molecule has 0 radical (unpaired) electrons. The van der Waals surface area contributed by atoms with Gasteiger partial charge in [-0.05, 0) is 31.0 Å². The predicted octanol–water partition coefficient (Wildman–Crippen LogP) is 2.96. The summed E-state index contributed by atoms with van der Waals surface area (Å²) in [6.07, 6.45) is 3.11. The summed E-state index contributed by atoms with van der Waals surface area (Å²) in [5.41, 5.74) is 2.26. The lowest BCUT2D eigenvalue weighted by molar-refractivity contribution is 0.127. The third-order valence-corrected chi connectivity index (χ3v) is 5.72. The molecule has 0 spiro atoms. The Morgan fingerprint density at radius 3 is 2.50 bits per heavy atom. The van der Waals surface area contributed by atoms with Crippen molar-refractivity contribution in [1.82, 2.24) is 29.7 Å². The maximum Gasteiger partial charge on any atom is 0.194 e. The molecule has 1 aliphatic heterocycles. The van der Waals surface area contributed by atoms with Gasteiger partial charge in [0.05, 0.1) is 0 Å². The van der Waals surface area contributed by atoms with Gasteiger partial charge in [-0.25, -0.2) is 4.99 Å². The zero-order valence-electron chi connectivity index (χ0n) is 17.9. The summed E-state index contributed by atoms with van der Waals surface area (Å²) in [6.45, 7) is 9.75. The molecule has 2 aromatic heterocycles. The second-order valence-electron chi connectivity index (χ2n) is 7.57. The molecule has 3 heterocycles. The lowest BCUT2D eigenvalue weighted by atomic mass is 10.0. The van der Waals surface area contributed by atoms with Crippen LogP contribution in [0.4, 0.5) is 0 Å². The zero-order chi connectivity index (χ0) is 20.8. The minimum absolute atomic E-state index is 0.482. The minimum Gasteiger partial charge on any atom is -0.357 e. The van der Waals surface area contributed by atoms with Crippen LogP contribution < -0.4 is 5.32 Å². The van der Waals surface area contributed by atoms with Crippen molar-refractivity contribution in [2.24, 2.45) is 4.99 Å². The number of guanidine groups is 1. The number of benzene rings is 1. The highest BCUT2D eigenvalue weighted by atomic mass is 15.4. The van der Waals surface area contributed by atoms with E-state index in [0.717, 1.165) is 56.6 Å². The number of hydrogen-bond donors (Lipinski definition) is 1. The fourth-order valence-corrected chi connectivity index (χ4v) is 4.20. The van der Waals surface area contributed by atoms with Crippen molar-refractivity contribution in [3.05, 3.63) is 66.1 Å². The number of pyridine rings is 1. The average Bonchev–Trinajstić information content (AvgIpc) is 3.22. The molecule has 0 saturated carbocycles. The summed E-state index contributed by atoms with van der Waals surface area (Å²) in [5, 5.41) is 12.0. The van der Waals surface area contributed by atoms with Crippen molar-refractivity contribution >= 4 is 11.6 Å². The van der Waals surface area contributed by atoms with Gasteiger partial charge >= 0.3 is 0 Å². The first-order chi connectivity index (χ1) is 14.8. The van der Waals surface area contributed by atoms with E-state index in [9.17, 15) is 0 Å². The van der Waals surface area contributed by atoms with Crippen LogP contribution in [0.1, 0.15) is 37.7 Å². The highest BCUT2D eigenvalue weighted by Gasteiger charge is 2.25. The monoisotopic (exact) mass is 405 g/mol. The van der Waals surface area contributed by atoms with E-state index in [4.69, 9.17) is 4.99 Å². The van der Waals surface area contributed by atoms with E-state index in [1.165, 1.54) is 5.56 Å². The number of nitrogens with zero attached hydrogens (tertiary/aromatic N) is 6. The molecule has 30 heavy (non-hydrogen) atoms. The van der Waals surface area contributed by atoms with Crippen molar-refractivity contribution in [1.29, 1.82) is 0 Å². The van der Waals surface area contributed by atoms with E-state index < -0.39 is 0 Å². The highest BCUT2D eigenvalue weighted by Crippen LogP contribution is 2.25. The van der Waals surface area contributed by atoms with Crippen LogP contribution in [0.25, 0.3) is 5.65 Å².